The first kappa shape index (κ1) is 19.2. The highest BCUT2D eigenvalue weighted by Gasteiger charge is 2.21. The predicted octanol–water partition coefficient (Wildman–Crippen LogP) is 6.52. The standard InChI is InChI=1S/C25H20BrNO2/c1-29-24-15-12-18-16-19(26)13-14-22(18)23(24)17-25(28)27(20-8-4-2-5-9-20)21-10-6-3-7-11-21/h2-16H,17H2,1H3. The molecule has 0 aliphatic rings. The number of anilines is 2. The second-order valence-corrected chi connectivity index (χ2v) is 7.60. The van der Waals surface area contributed by atoms with E-state index in [0.717, 1.165) is 32.2 Å². The van der Waals surface area contributed by atoms with E-state index in [1.165, 1.54) is 0 Å². The van der Waals surface area contributed by atoms with E-state index in [4.69, 9.17) is 4.74 Å². The van der Waals surface area contributed by atoms with Gasteiger partial charge in [0, 0.05) is 21.4 Å². The molecule has 0 atom stereocenters. The molecule has 0 heterocycles. The third-order valence-corrected chi connectivity index (χ3v) is 5.37. The average Bonchev–Trinajstić information content (AvgIpc) is 2.75. The largest absolute Gasteiger partial charge is 0.496 e. The fourth-order valence-corrected chi connectivity index (χ4v) is 3.92. The van der Waals surface area contributed by atoms with Crippen molar-refractivity contribution in [1.29, 1.82) is 0 Å². The Morgan fingerprint density at radius 2 is 1.48 bits per heavy atom. The molecule has 4 aromatic carbocycles. The van der Waals surface area contributed by atoms with Crippen LogP contribution in [0.4, 0.5) is 11.4 Å². The monoisotopic (exact) mass is 445 g/mol. The molecule has 144 valence electrons. The highest BCUT2D eigenvalue weighted by atomic mass is 79.9. The van der Waals surface area contributed by atoms with Crippen molar-refractivity contribution in [2.24, 2.45) is 0 Å². The minimum Gasteiger partial charge on any atom is -0.496 e. The van der Waals surface area contributed by atoms with Crippen LogP contribution >= 0.6 is 15.9 Å². The van der Waals surface area contributed by atoms with E-state index in [1.807, 2.05) is 84.9 Å². The molecule has 0 aliphatic heterocycles. The van der Waals surface area contributed by atoms with Crippen LogP contribution in [0.2, 0.25) is 0 Å². The van der Waals surface area contributed by atoms with Gasteiger partial charge in [-0.1, -0.05) is 64.5 Å². The summed E-state index contributed by atoms with van der Waals surface area (Å²) in [5, 5.41) is 2.08. The van der Waals surface area contributed by atoms with Gasteiger partial charge in [0.1, 0.15) is 5.75 Å². The van der Waals surface area contributed by atoms with Gasteiger partial charge in [0.05, 0.1) is 13.5 Å². The molecule has 3 nitrogen and oxygen atoms in total. The molecular weight excluding hydrogens is 426 g/mol. The van der Waals surface area contributed by atoms with Gasteiger partial charge in [0.15, 0.2) is 0 Å². The van der Waals surface area contributed by atoms with Gasteiger partial charge in [-0.2, -0.15) is 0 Å². The number of halogens is 1. The molecule has 0 spiro atoms. The van der Waals surface area contributed by atoms with Gasteiger partial charge in [-0.25, -0.2) is 0 Å². The number of carbonyl (C=O) groups is 1. The summed E-state index contributed by atoms with van der Waals surface area (Å²) >= 11 is 3.52. The van der Waals surface area contributed by atoms with E-state index < -0.39 is 0 Å². The Labute approximate surface area is 178 Å². The number of hydrogen-bond acceptors (Lipinski definition) is 2. The zero-order valence-corrected chi connectivity index (χ0v) is 17.6. The van der Waals surface area contributed by atoms with Crippen molar-refractivity contribution in [3.63, 3.8) is 0 Å². The number of nitrogens with zero attached hydrogens (tertiary/aromatic N) is 1. The number of amides is 1. The predicted molar refractivity (Wildman–Crippen MR) is 122 cm³/mol. The maximum absolute atomic E-state index is 13.6. The summed E-state index contributed by atoms with van der Waals surface area (Å²) in [5.74, 6) is 0.699. The number of hydrogen-bond donors (Lipinski definition) is 0. The van der Waals surface area contributed by atoms with E-state index in [9.17, 15) is 4.79 Å². The Balaban J connectivity index is 1.79. The summed E-state index contributed by atoms with van der Waals surface area (Å²) in [4.78, 5) is 15.3. The molecule has 4 rings (SSSR count). The van der Waals surface area contributed by atoms with Crippen LogP contribution < -0.4 is 9.64 Å². The summed E-state index contributed by atoms with van der Waals surface area (Å²) in [5.41, 5.74) is 2.57. The molecule has 4 aromatic rings. The summed E-state index contributed by atoms with van der Waals surface area (Å²) in [6.07, 6.45) is 0.228. The van der Waals surface area contributed by atoms with Crippen molar-refractivity contribution in [3.8, 4) is 5.75 Å². The average molecular weight is 446 g/mol. The van der Waals surface area contributed by atoms with E-state index in [2.05, 4.69) is 22.0 Å². The maximum atomic E-state index is 13.6. The molecule has 0 aliphatic carbocycles. The highest BCUT2D eigenvalue weighted by Crippen LogP contribution is 2.32. The van der Waals surface area contributed by atoms with Gasteiger partial charge < -0.3 is 4.74 Å². The van der Waals surface area contributed by atoms with Crippen molar-refractivity contribution in [2.45, 2.75) is 6.42 Å². The number of ether oxygens (including phenoxy) is 1. The van der Waals surface area contributed by atoms with Crippen molar-refractivity contribution >= 4 is 44.0 Å². The van der Waals surface area contributed by atoms with E-state index in [0.29, 0.717) is 5.75 Å². The minimum absolute atomic E-state index is 0.0175. The molecule has 0 radical (unpaired) electrons. The zero-order valence-electron chi connectivity index (χ0n) is 16.0. The molecule has 0 bridgehead atoms. The van der Waals surface area contributed by atoms with Gasteiger partial charge >= 0.3 is 0 Å². The first-order chi connectivity index (χ1) is 14.2. The Hall–Kier alpha value is -3.11. The minimum atomic E-state index is -0.0175. The number of carbonyl (C=O) groups excluding carboxylic acids is 1. The van der Waals surface area contributed by atoms with Gasteiger partial charge in [-0.15, -0.1) is 0 Å². The topological polar surface area (TPSA) is 29.5 Å². The van der Waals surface area contributed by atoms with Crippen LogP contribution in [0.25, 0.3) is 10.8 Å². The molecule has 1 amide bonds. The van der Waals surface area contributed by atoms with Crippen LogP contribution in [0.5, 0.6) is 5.75 Å². The molecule has 0 fully saturated rings. The molecule has 0 saturated carbocycles. The molecule has 29 heavy (non-hydrogen) atoms. The van der Waals surface area contributed by atoms with Crippen LogP contribution in [-0.4, -0.2) is 13.0 Å². The van der Waals surface area contributed by atoms with Crippen molar-refractivity contribution in [3.05, 3.63) is 101 Å². The normalized spacial score (nSPS) is 10.7. The number of methoxy groups -OCH3 is 1. The Morgan fingerprint density at radius 1 is 0.862 bits per heavy atom. The van der Waals surface area contributed by atoms with Crippen LogP contribution in [0.3, 0.4) is 0 Å². The smallest absolute Gasteiger partial charge is 0.236 e. The van der Waals surface area contributed by atoms with Crippen molar-refractivity contribution < 1.29 is 9.53 Å². The SMILES string of the molecule is COc1ccc2cc(Br)ccc2c1CC(=O)N(c1ccccc1)c1ccccc1. The van der Waals surface area contributed by atoms with Crippen molar-refractivity contribution in [1.82, 2.24) is 0 Å². The van der Waals surface area contributed by atoms with Gasteiger partial charge in [0.2, 0.25) is 5.91 Å². The summed E-state index contributed by atoms with van der Waals surface area (Å²) in [6.45, 7) is 0. The first-order valence-corrected chi connectivity index (χ1v) is 10.1. The molecule has 0 saturated heterocycles. The lowest BCUT2D eigenvalue weighted by atomic mass is 10.00. The Kier molecular flexibility index (Phi) is 5.63. The number of benzene rings is 4. The fraction of sp³-hybridized carbons (Fsp3) is 0.0800. The number of para-hydroxylation sites is 2. The summed E-state index contributed by atoms with van der Waals surface area (Å²) in [6, 6.07) is 29.4. The van der Waals surface area contributed by atoms with Gasteiger partial charge in [-0.3, -0.25) is 9.69 Å². The maximum Gasteiger partial charge on any atom is 0.236 e. The first-order valence-electron chi connectivity index (χ1n) is 9.35. The van der Waals surface area contributed by atoms with Crippen LogP contribution in [-0.2, 0) is 11.2 Å². The third kappa shape index (κ3) is 4.03. The molecular formula is C25H20BrNO2. The number of fused-ring (bicyclic) bond motifs is 1. The van der Waals surface area contributed by atoms with E-state index >= 15 is 0 Å². The second kappa shape index (κ2) is 8.50. The second-order valence-electron chi connectivity index (χ2n) is 6.69. The zero-order chi connectivity index (χ0) is 20.2. The lowest BCUT2D eigenvalue weighted by Crippen LogP contribution is -2.27. The van der Waals surface area contributed by atoms with Gasteiger partial charge in [-0.05, 0) is 53.2 Å². The van der Waals surface area contributed by atoms with Crippen LogP contribution in [0, 0.1) is 0 Å². The van der Waals surface area contributed by atoms with E-state index in [-0.39, 0.29) is 12.3 Å². The Morgan fingerprint density at radius 3 is 2.07 bits per heavy atom. The molecule has 0 unspecified atom stereocenters. The quantitative estimate of drug-likeness (QED) is 0.349. The Bertz CT molecular complexity index is 1100. The third-order valence-electron chi connectivity index (χ3n) is 4.88. The fourth-order valence-electron chi connectivity index (χ4n) is 3.54. The van der Waals surface area contributed by atoms with E-state index in [1.54, 1.807) is 12.0 Å². The highest BCUT2D eigenvalue weighted by molar-refractivity contribution is 9.10. The summed E-state index contributed by atoms with van der Waals surface area (Å²) in [7, 11) is 1.64. The molecule has 4 heteroatoms. The summed E-state index contributed by atoms with van der Waals surface area (Å²) < 4.78 is 6.60. The van der Waals surface area contributed by atoms with Crippen molar-refractivity contribution in [2.75, 3.05) is 12.0 Å². The molecule has 0 N–H and O–H groups in total. The lowest BCUT2D eigenvalue weighted by molar-refractivity contribution is -0.117. The number of rotatable bonds is 5. The van der Waals surface area contributed by atoms with Crippen LogP contribution in [0.1, 0.15) is 5.56 Å². The van der Waals surface area contributed by atoms with Gasteiger partial charge in [0.25, 0.3) is 0 Å². The van der Waals surface area contributed by atoms with Crippen LogP contribution in [0.15, 0.2) is 95.5 Å². The molecule has 0 aromatic heterocycles. The lowest BCUT2D eigenvalue weighted by Gasteiger charge is -2.24.